The van der Waals surface area contributed by atoms with Crippen molar-refractivity contribution in [2.24, 2.45) is 0 Å². The van der Waals surface area contributed by atoms with E-state index in [1.54, 1.807) is 6.26 Å². The molecule has 0 aromatic rings. The molecule has 0 aliphatic carbocycles. The van der Waals surface area contributed by atoms with Crippen molar-refractivity contribution in [2.75, 3.05) is 19.7 Å². The van der Waals surface area contributed by atoms with Gasteiger partial charge in [0, 0.05) is 13.2 Å². The Morgan fingerprint density at radius 1 is 1.46 bits per heavy atom. The molecule has 2 N–H and O–H groups in total. The Balaban J connectivity index is 1.90. The van der Waals surface area contributed by atoms with Gasteiger partial charge >= 0.3 is 0 Å². The number of rotatable bonds is 6. The number of ether oxygens (including phenoxy) is 1. The molecule has 0 fully saturated rings. The van der Waals surface area contributed by atoms with E-state index in [9.17, 15) is 0 Å². The molecule has 0 saturated carbocycles. The Kier molecular flexibility index (Phi) is 5.61. The molecule has 0 aromatic heterocycles. The molecule has 1 rings (SSSR count). The first kappa shape index (κ1) is 10.5. The fraction of sp³-hybridized carbons (Fsp3) is 0.800. The van der Waals surface area contributed by atoms with E-state index in [0.717, 1.165) is 38.8 Å². The number of allylic oxidation sites excluding steroid dienone is 1. The molecule has 1 atom stereocenters. The highest BCUT2D eigenvalue weighted by atomic mass is 16.5. The highest BCUT2D eigenvalue weighted by Crippen LogP contribution is 2.08. The van der Waals surface area contributed by atoms with Gasteiger partial charge in [-0.3, -0.25) is 0 Å². The fourth-order valence-electron chi connectivity index (χ4n) is 1.36. The standard InChI is InChI=1S/C10H19NO2/c12-7-3-2-6-11-9-10-5-1-4-8-13-10/h4,8,10-12H,1-3,5-7,9H2. The third kappa shape index (κ3) is 4.90. The minimum atomic E-state index is 0.296. The van der Waals surface area contributed by atoms with E-state index in [0.29, 0.717) is 12.7 Å². The lowest BCUT2D eigenvalue weighted by Crippen LogP contribution is -2.29. The second-order valence-corrected chi connectivity index (χ2v) is 3.34. The Labute approximate surface area is 79.8 Å². The Hall–Kier alpha value is -0.540. The summed E-state index contributed by atoms with van der Waals surface area (Å²) >= 11 is 0. The fourth-order valence-corrected chi connectivity index (χ4v) is 1.36. The average Bonchev–Trinajstić information content (AvgIpc) is 2.19. The number of nitrogens with one attached hydrogen (secondary N) is 1. The first-order valence-corrected chi connectivity index (χ1v) is 5.05. The van der Waals surface area contributed by atoms with E-state index in [2.05, 4.69) is 11.4 Å². The molecular formula is C10H19NO2. The van der Waals surface area contributed by atoms with Gasteiger partial charge in [0.25, 0.3) is 0 Å². The van der Waals surface area contributed by atoms with Crippen molar-refractivity contribution in [1.29, 1.82) is 0 Å². The number of aliphatic hydroxyl groups is 1. The maximum Gasteiger partial charge on any atom is 0.110 e. The normalized spacial score (nSPS) is 21.5. The van der Waals surface area contributed by atoms with Crippen molar-refractivity contribution in [1.82, 2.24) is 5.32 Å². The van der Waals surface area contributed by atoms with Crippen LogP contribution in [0.2, 0.25) is 0 Å². The van der Waals surface area contributed by atoms with E-state index in [4.69, 9.17) is 9.84 Å². The van der Waals surface area contributed by atoms with Crippen LogP contribution in [-0.2, 0) is 4.74 Å². The summed E-state index contributed by atoms with van der Waals surface area (Å²) in [4.78, 5) is 0. The van der Waals surface area contributed by atoms with Crippen molar-refractivity contribution in [3.63, 3.8) is 0 Å². The molecule has 0 saturated heterocycles. The first-order valence-electron chi connectivity index (χ1n) is 5.05. The summed E-state index contributed by atoms with van der Waals surface area (Å²) in [5.41, 5.74) is 0. The average molecular weight is 185 g/mol. The van der Waals surface area contributed by atoms with Crippen LogP contribution in [0, 0.1) is 0 Å². The molecule has 0 amide bonds. The van der Waals surface area contributed by atoms with Crippen LogP contribution >= 0.6 is 0 Å². The van der Waals surface area contributed by atoms with Crippen LogP contribution in [0.3, 0.4) is 0 Å². The molecule has 76 valence electrons. The maximum absolute atomic E-state index is 8.55. The van der Waals surface area contributed by atoms with Crippen molar-refractivity contribution in [2.45, 2.75) is 31.8 Å². The SMILES string of the molecule is OCCCCNCC1CCC=CO1. The number of hydrogen-bond acceptors (Lipinski definition) is 3. The molecular weight excluding hydrogens is 166 g/mol. The van der Waals surface area contributed by atoms with Gasteiger partial charge in [0.05, 0.1) is 6.26 Å². The smallest absolute Gasteiger partial charge is 0.110 e. The minimum Gasteiger partial charge on any atom is -0.497 e. The minimum absolute atomic E-state index is 0.296. The topological polar surface area (TPSA) is 41.5 Å². The van der Waals surface area contributed by atoms with Gasteiger partial charge in [0.15, 0.2) is 0 Å². The molecule has 3 heteroatoms. The van der Waals surface area contributed by atoms with Crippen LogP contribution in [-0.4, -0.2) is 30.9 Å². The van der Waals surface area contributed by atoms with Gasteiger partial charge < -0.3 is 15.2 Å². The lowest BCUT2D eigenvalue weighted by Gasteiger charge is -2.19. The molecule has 0 spiro atoms. The molecule has 1 aliphatic rings. The zero-order valence-corrected chi connectivity index (χ0v) is 8.04. The van der Waals surface area contributed by atoms with Crippen LogP contribution in [0.25, 0.3) is 0 Å². The van der Waals surface area contributed by atoms with Crippen molar-refractivity contribution in [3.05, 3.63) is 12.3 Å². The number of aliphatic hydroxyl groups excluding tert-OH is 1. The predicted octanol–water partition coefficient (Wildman–Crippen LogP) is 1.04. The van der Waals surface area contributed by atoms with Gasteiger partial charge in [0.2, 0.25) is 0 Å². The van der Waals surface area contributed by atoms with Crippen molar-refractivity contribution >= 4 is 0 Å². The molecule has 1 heterocycles. The number of hydrogen-bond donors (Lipinski definition) is 2. The van der Waals surface area contributed by atoms with E-state index in [1.807, 2.05) is 0 Å². The van der Waals surface area contributed by atoms with Gasteiger partial charge in [-0.05, 0) is 38.3 Å². The summed E-state index contributed by atoms with van der Waals surface area (Å²) in [6.45, 7) is 2.20. The van der Waals surface area contributed by atoms with Crippen LogP contribution in [0.5, 0.6) is 0 Å². The van der Waals surface area contributed by atoms with Crippen LogP contribution in [0.4, 0.5) is 0 Å². The summed E-state index contributed by atoms with van der Waals surface area (Å²) in [6, 6.07) is 0. The second kappa shape index (κ2) is 6.92. The Morgan fingerprint density at radius 2 is 2.38 bits per heavy atom. The molecule has 0 aromatic carbocycles. The van der Waals surface area contributed by atoms with Crippen LogP contribution in [0.15, 0.2) is 12.3 Å². The van der Waals surface area contributed by atoms with Crippen LogP contribution < -0.4 is 5.32 Å². The lowest BCUT2D eigenvalue weighted by atomic mass is 10.1. The van der Waals surface area contributed by atoms with E-state index in [-0.39, 0.29) is 0 Å². The van der Waals surface area contributed by atoms with E-state index in [1.165, 1.54) is 0 Å². The maximum atomic E-state index is 8.55. The first-order chi connectivity index (χ1) is 6.43. The molecule has 0 radical (unpaired) electrons. The molecule has 3 nitrogen and oxygen atoms in total. The number of unbranched alkanes of at least 4 members (excludes halogenated alkanes) is 1. The molecule has 1 unspecified atom stereocenters. The molecule has 13 heavy (non-hydrogen) atoms. The van der Waals surface area contributed by atoms with Gasteiger partial charge in [-0.25, -0.2) is 0 Å². The highest BCUT2D eigenvalue weighted by Gasteiger charge is 2.09. The monoisotopic (exact) mass is 185 g/mol. The van der Waals surface area contributed by atoms with Gasteiger partial charge in [0.1, 0.15) is 6.10 Å². The largest absolute Gasteiger partial charge is 0.497 e. The lowest BCUT2D eigenvalue weighted by molar-refractivity contribution is 0.122. The van der Waals surface area contributed by atoms with Crippen LogP contribution in [0.1, 0.15) is 25.7 Å². The zero-order valence-electron chi connectivity index (χ0n) is 8.04. The quantitative estimate of drug-likeness (QED) is 0.608. The third-order valence-corrected chi connectivity index (χ3v) is 2.16. The summed E-state index contributed by atoms with van der Waals surface area (Å²) in [5.74, 6) is 0. The van der Waals surface area contributed by atoms with Gasteiger partial charge in [-0.2, -0.15) is 0 Å². The Morgan fingerprint density at radius 3 is 3.08 bits per heavy atom. The van der Waals surface area contributed by atoms with Crippen molar-refractivity contribution in [3.8, 4) is 0 Å². The van der Waals surface area contributed by atoms with Gasteiger partial charge in [-0.1, -0.05) is 0 Å². The van der Waals surface area contributed by atoms with E-state index >= 15 is 0 Å². The van der Waals surface area contributed by atoms with Gasteiger partial charge in [-0.15, -0.1) is 0 Å². The Bertz CT molecular complexity index is 148. The third-order valence-electron chi connectivity index (χ3n) is 2.16. The second-order valence-electron chi connectivity index (χ2n) is 3.34. The predicted molar refractivity (Wildman–Crippen MR) is 52.4 cm³/mol. The highest BCUT2D eigenvalue weighted by molar-refractivity contribution is 4.82. The van der Waals surface area contributed by atoms with Crippen molar-refractivity contribution < 1.29 is 9.84 Å². The molecule has 0 bridgehead atoms. The summed E-state index contributed by atoms with van der Waals surface area (Å²) < 4.78 is 5.39. The summed E-state index contributed by atoms with van der Waals surface area (Å²) in [6.07, 6.45) is 8.37. The summed E-state index contributed by atoms with van der Waals surface area (Å²) in [7, 11) is 0. The summed E-state index contributed by atoms with van der Waals surface area (Å²) in [5, 5.41) is 11.9. The molecule has 1 aliphatic heterocycles. The van der Waals surface area contributed by atoms with E-state index < -0.39 is 0 Å². The zero-order chi connectivity index (χ0) is 9.36.